The van der Waals surface area contributed by atoms with E-state index in [0.29, 0.717) is 4.38 Å². The first-order valence-corrected chi connectivity index (χ1v) is 12.9. The Morgan fingerprint density at radius 2 is 1.11 bits per heavy atom. The van der Waals surface area contributed by atoms with Crippen LogP contribution in [-0.2, 0) is 4.74 Å². The minimum Gasteiger partial charge on any atom is -0.478 e. The molecular weight excluding hydrogens is 380 g/mol. The topological polar surface area (TPSA) is 9.23 Å². The van der Waals surface area contributed by atoms with Gasteiger partial charge in [-0.05, 0) is 42.5 Å². The third-order valence-electron chi connectivity index (χ3n) is 5.16. The predicted molar refractivity (Wildman–Crippen MR) is 130 cm³/mol. The summed E-state index contributed by atoms with van der Waals surface area (Å²) in [5, 5.41) is 0. The highest BCUT2D eigenvalue weighted by Crippen LogP contribution is 2.20. The van der Waals surface area contributed by atoms with Crippen molar-refractivity contribution in [1.82, 2.24) is 0 Å². The molecule has 0 radical (unpaired) electrons. The third kappa shape index (κ3) is 16.4. The Hall–Kier alpha value is -0.540. The van der Waals surface area contributed by atoms with Gasteiger partial charge < -0.3 is 4.74 Å². The quantitative estimate of drug-likeness (QED) is 0.132. The van der Waals surface area contributed by atoms with Gasteiger partial charge in [0.25, 0.3) is 0 Å². The summed E-state index contributed by atoms with van der Waals surface area (Å²) in [5.41, 5.74) is 0. The van der Waals surface area contributed by atoms with Crippen LogP contribution in [0.3, 0.4) is 0 Å². The van der Waals surface area contributed by atoms with Crippen LogP contribution in [0.25, 0.3) is 0 Å². The van der Waals surface area contributed by atoms with E-state index in [9.17, 15) is 0 Å². The zero-order chi connectivity index (χ0) is 20.1. The molecule has 0 N–H and O–H groups in total. The first kappa shape index (κ1) is 25.5. The van der Waals surface area contributed by atoms with Gasteiger partial charge in [0.1, 0.15) is 0 Å². The Bertz CT molecular complexity index is 461. The summed E-state index contributed by atoms with van der Waals surface area (Å²) in [5.74, 6) is 0. The van der Waals surface area contributed by atoms with Crippen LogP contribution in [0.1, 0.15) is 110 Å². The molecule has 0 spiro atoms. The van der Waals surface area contributed by atoms with E-state index in [1.807, 2.05) is 18.2 Å². The van der Waals surface area contributed by atoms with Gasteiger partial charge in [0, 0.05) is 4.90 Å². The van der Waals surface area contributed by atoms with Crippen LogP contribution in [-0.4, -0.2) is 11.0 Å². The molecule has 1 nitrogen and oxygen atoms in total. The summed E-state index contributed by atoms with van der Waals surface area (Å²) >= 11 is 6.83. The largest absolute Gasteiger partial charge is 0.478 e. The lowest BCUT2D eigenvalue weighted by Crippen LogP contribution is -1.99. The molecule has 0 amide bonds. The highest BCUT2D eigenvalue weighted by Gasteiger charge is 2.01. The normalized spacial score (nSPS) is 10.9. The SMILES string of the molecule is CCCCCCCCCCCCCCCCCCOC(=S)Sc1ccccc1. The Labute approximate surface area is 184 Å². The standard InChI is InChI=1S/C25H42OS2/c1-2-3-4-5-6-7-8-9-10-11-12-13-14-15-16-20-23-26-25(27)28-24-21-18-17-19-22-24/h17-19,21-22H,2-16,20,23H2,1H3. The molecule has 160 valence electrons. The van der Waals surface area contributed by atoms with Gasteiger partial charge in [0.2, 0.25) is 4.38 Å². The molecule has 28 heavy (non-hydrogen) atoms. The van der Waals surface area contributed by atoms with E-state index in [0.717, 1.165) is 17.9 Å². The minimum atomic E-state index is 0.646. The first-order valence-electron chi connectivity index (χ1n) is 11.7. The van der Waals surface area contributed by atoms with Crippen LogP contribution in [0, 0.1) is 0 Å². The van der Waals surface area contributed by atoms with Crippen molar-refractivity contribution >= 4 is 28.4 Å². The van der Waals surface area contributed by atoms with Gasteiger partial charge in [0.05, 0.1) is 6.61 Å². The molecule has 0 unspecified atom stereocenters. The van der Waals surface area contributed by atoms with Crippen LogP contribution >= 0.6 is 24.0 Å². The maximum atomic E-state index is 5.66. The molecule has 0 aromatic heterocycles. The van der Waals surface area contributed by atoms with Crippen molar-refractivity contribution in [2.45, 2.75) is 115 Å². The van der Waals surface area contributed by atoms with E-state index in [1.54, 1.807) is 11.8 Å². The molecule has 3 heteroatoms. The van der Waals surface area contributed by atoms with Crippen molar-refractivity contribution in [2.75, 3.05) is 6.61 Å². The van der Waals surface area contributed by atoms with Crippen LogP contribution in [0.15, 0.2) is 35.2 Å². The second kappa shape index (κ2) is 19.8. The number of thiocarbonyl (C=S) groups is 1. The van der Waals surface area contributed by atoms with Gasteiger partial charge in [-0.2, -0.15) is 0 Å². The third-order valence-corrected chi connectivity index (χ3v) is 6.32. The minimum absolute atomic E-state index is 0.646. The molecule has 1 aromatic rings. The van der Waals surface area contributed by atoms with Crippen molar-refractivity contribution in [3.05, 3.63) is 30.3 Å². The van der Waals surface area contributed by atoms with Gasteiger partial charge in [0.15, 0.2) is 0 Å². The van der Waals surface area contributed by atoms with Crippen LogP contribution in [0.2, 0.25) is 0 Å². The van der Waals surface area contributed by atoms with E-state index >= 15 is 0 Å². The Kier molecular flexibility index (Phi) is 18.0. The molecule has 0 bridgehead atoms. The van der Waals surface area contributed by atoms with Crippen LogP contribution in [0.5, 0.6) is 0 Å². The fourth-order valence-corrected chi connectivity index (χ4v) is 4.42. The number of hydrogen-bond donors (Lipinski definition) is 0. The molecule has 1 aromatic carbocycles. The monoisotopic (exact) mass is 422 g/mol. The Morgan fingerprint density at radius 3 is 1.57 bits per heavy atom. The van der Waals surface area contributed by atoms with Gasteiger partial charge in [-0.15, -0.1) is 0 Å². The maximum Gasteiger partial charge on any atom is 0.224 e. The van der Waals surface area contributed by atoms with Crippen molar-refractivity contribution < 1.29 is 4.74 Å². The van der Waals surface area contributed by atoms with Crippen LogP contribution < -0.4 is 0 Å². The zero-order valence-corrected chi connectivity index (χ0v) is 19.8. The number of ether oxygens (including phenoxy) is 1. The molecule has 0 atom stereocenters. The van der Waals surface area contributed by atoms with Crippen molar-refractivity contribution in [3.8, 4) is 0 Å². The smallest absolute Gasteiger partial charge is 0.224 e. The van der Waals surface area contributed by atoms with Gasteiger partial charge in [-0.25, -0.2) is 0 Å². The number of unbranched alkanes of at least 4 members (excludes halogenated alkanes) is 15. The van der Waals surface area contributed by atoms with Crippen molar-refractivity contribution in [3.63, 3.8) is 0 Å². The predicted octanol–water partition coefficient (Wildman–Crippen LogP) is 9.34. The summed E-state index contributed by atoms with van der Waals surface area (Å²) in [6, 6.07) is 10.2. The summed E-state index contributed by atoms with van der Waals surface area (Å²) < 4.78 is 6.30. The highest BCUT2D eigenvalue weighted by atomic mass is 32.2. The van der Waals surface area contributed by atoms with Gasteiger partial charge in [-0.1, -0.05) is 121 Å². The van der Waals surface area contributed by atoms with E-state index in [4.69, 9.17) is 17.0 Å². The van der Waals surface area contributed by atoms with E-state index in [1.165, 1.54) is 96.3 Å². The maximum absolute atomic E-state index is 5.66. The molecule has 0 saturated carbocycles. The highest BCUT2D eigenvalue weighted by molar-refractivity contribution is 8.22. The molecule has 1 rings (SSSR count). The molecular formula is C25H42OS2. The second-order valence-electron chi connectivity index (χ2n) is 7.82. The summed E-state index contributed by atoms with van der Waals surface area (Å²) in [7, 11) is 0. The first-order chi connectivity index (χ1) is 13.8. The fourth-order valence-electron chi connectivity index (χ4n) is 3.42. The zero-order valence-electron chi connectivity index (χ0n) is 18.1. The Morgan fingerprint density at radius 1 is 0.679 bits per heavy atom. The average molecular weight is 423 g/mol. The van der Waals surface area contributed by atoms with Gasteiger partial charge in [-0.3, -0.25) is 0 Å². The summed E-state index contributed by atoms with van der Waals surface area (Å²) in [6.07, 6.45) is 22.3. The molecule has 0 aliphatic rings. The molecule has 0 aliphatic carbocycles. The molecule has 0 aliphatic heterocycles. The van der Waals surface area contributed by atoms with Crippen molar-refractivity contribution in [2.24, 2.45) is 0 Å². The lowest BCUT2D eigenvalue weighted by molar-refractivity contribution is 0.307. The number of hydrogen-bond acceptors (Lipinski definition) is 3. The van der Waals surface area contributed by atoms with Crippen molar-refractivity contribution in [1.29, 1.82) is 0 Å². The average Bonchev–Trinajstić information content (AvgIpc) is 2.71. The van der Waals surface area contributed by atoms with Gasteiger partial charge >= 0.3 is 0 Å². The molecule has 0 fully saturated rings. The number of rotatable bonds is 18. The number of benzene rings is 1. The lowest BCUT2D eigenvalue weighted by Gasteiger charge is -2.07. The summed E-state index contributed by atoms with van der Waals surface area (Å²) in [4.78, 5) is 1.15. The van der Waals surface area contributed by atoms with E-state index < -0.39 is 0 Å². The molecule has 0 heterocycles. The fraction of sp³-hybridized carbons (Fsp3) is 0.720. The van der Waals surface area contributed by atoms with Crippen LogP contribution in [0.4, 0.5) is 0 Å². The van der Waals surface area contributed by atoms with E-state index in [-0.39, 0.29) is 0 Å². The summed E-state index contributed by atoms with van der Waals surface area (Å²) in [6.45, 7) is 3.05. The molecule has 0 saturated heterocycles. The Balaban J connectivity index is 1.74. The lowest BCUT2D eigenvalue weighted by atomic mass is 10.0. The second-order valence-corrected chi connectivity index (χ2v) is 9.49. The van der Waals surface area contributed by atoms with E-state index in [2.05, 4.69) is 19.1 Å². The number of thioether (sulfide) groups is 1.